The van der Waals surface area contributed by atoms with Crippen molar-refractivity contribution in [1.82, 2.24) is 10.2 Å². The number of benzene rings is 1. The highest BCUT2D eigenvalue weighted by molar-refractivity contribution is 5.76. The third-order valence-electron chi connectivity index (χ3n) is 6.46. The van der Waals surface area contributed by atoms with Crippen LogP contribution < -0.4 is 16.4 Å². The number of urea groups is 1. The van der Waals surface area contributed by atoms with Crippen LogP contribution in [0.4, 0.5) is 14.9 Å². The second kappa shape index (κ2) is 8.64. The smallest absolute Gasteiger partial charge is 0.318 e. The standard InChI is InChI=1S/C20H33FN4O5/c1-5-25(6-2)17(28)24-20(12(3)27)15(22)16(19(30,11-26)18(20,4)29)23-14-9-7-8-13(21)10-14/h7-10,12,15-16,23,26-27,29-30H,5-6,11,22H2,1-4H3,(H,24,28)/t12-,15-,16-,18-,19+,20-/m0/s1. The molecule has 1 fully saturated rings. The van der Waals surface area contributed by atoms with Crippen LogP contribution in [0.15, 0.2) is 24.3 Å². The van der Waals surface area contributed by atoms with Gasteiger partial charge in [0.1, 0.15) is 22.6 Å². The maximum atomic E-state index is 13.6. The van der Waals surface area contributed by atoms with Crippen LogP contribution in [-0.4, -0.2) is 86.0 Å². The van der Waals surface area contributed by atoms with Crippen LogP contribution >= 0.6 is 0 Å². The predicted octanol–water partition coefficient (Wildman–Crippen LogP) is -0.407. The number of hydrogen-bond donors (Lipinski definition) is 7. The van der Waals surface area contributed by atoms with E-state index in [-0.39, 0.29) is 5.69 Å². The van der Waals surface area contributed by atoms with Gasteiger partial charge in [-0.2, -0.15) is 0 Å². The molecule has 0 bridgehead atoms. The molecule has 1 aliphatic carbocycles. The molecular formula is C20H33FN4O5. The lowest BCUT2D eigenvalue weighted by molar-refractivity contribution is -0.185. The number of nitrogens with zero attached hydrogens (tertiary/aromatic N) is 1. The van der Waals surface area contributed by atoms with E-state index < -0.39 is 53.4 Å². The minimum atomic E-state index is -2.29. The Labute approximate surface area is 175 Å². The van der Waals surface area contributed by atoms with Crippen LogP contribution in [-0.2, 0) is 0 Å². The summed E-state index contributed by atoms with van der Waals surface area (Å²) in [5, 5.41) is 49.0. The molecule has 8 N–H and O–H groups in total. The maximum Gasteiger partial charge on any atom is 0.318 e. The lowest BCUT2D eigenvalue weighted by Gasteiger charge is -2.48. The van der Waals surface area contributed by atoms with Crippen LogP contribution in [0.1, 0.15) is 27.7 Å². The van der Waals surface area contributed by atoms with Gasteiger partial charge in [-0.3, -0.25) is 0 Å². The molecule has 9 nitrogen and oxygen atoms in total. The average Bonchev–Trinajstić information content (AvgIpc) is 2.80. The van der Waals surface area contributed by atoms with E-state index in [0.717, 1.165) is 6.07 Å². The molecule has 0 heterocycles. The van der Waals surface area contributed by atoms with E-state index in [1.807, 2.05) is 0 Å². The molecular weight excluding hydrogens is 395 g/mol. The molecule has 1 aliphatic rings. The molecule has 0 saturated heterocycles. The van der Waals surface area contributed by atoms with Crippen LogP contribution in [0.25, 0.3) is 0 Å². The number of carbonyl (C=O) groups is 1. The molecule has 1 aromatic rings. The second-order valence-corrected chi connectivity index (χ2v) is 7.96. The Balaban J connectivity index is 2.58. The van der Waals surface area contributed by atoms with Crippen LogP contribution in [0.5, 0.6) is 0 Å². The topological polar surface area (TPSA) is 151 Å². The third-order valence-corrected chi connectivity index (χ3v) is 6.46. The number of rotatable bonds is 7. The second-order valence-electron chi connectivity index (χ2n) is 7.96. The highest BCUT2D eigenvalue weighted by Gasteiger charge is 2.75. The summed E-state index contributed by atoms with van der Waals surface area (Å²) in [6.45, 7) is 5.86. The lowest BCUT2D eigenvalue weighted by Crippen LogP contribution is -2.76. The zero-order chi connectivity index (χ0) is 22.9. The summed E-state index contributed by atoms with van der Waals surface area (Å²) in [6, 6.07) is 2.26. The Bertz CT molecular complexity index is 760. The zero-order valence-corrected chi connectivity index (χ0v) is 17.8. The number of nitrogens with one attached hydrogen (secondary N) is 2. The summed E-state index contributed by atoms with van der Waals surface area (Å²) in [6.07, 6.45) is -1.42. The minimum absolute atomic E-state index is 0.245. The molecule has 2 rings (SSSR count). The van der Waals surface area contributed by atoms with Crippen LogP contribution in [0.2, 0.25) is 0 Å². The number of carbonyl (C=O) groups excluding carboxylic acids is 1. The van der Waals surface area contributed by atoms with E-state index in [2.05, 4.69) is 10.6 Å². The first-order valence-electron chi connectivity index (χ1n) is 10.0. The van der Waals surface area contributed by atoms with Crippen molar-refractivity contribution in [1.29, 1.82) is 0 Å². The van der Waals surface area contributed by atoms with Gasteiger partial charge in [-0.05, 0) is 45.9 Å². The Hall–Kier alpha value is -1.98. The summed E-state index contributed by atoms with van der Waals surface area (Å²) in [5.74, 6) is -0.539. The molecule has 2 amide bonds. The highest BCUT2D eigenvalue weighted by Crippen LogP contribution is 2.48. The van der Waals surface area contributed by atoms with Gasteiger partial charge in [0.25, 0.3) is 0 Å². The largest absolute Gasteiger partial charge is 0.393 e. The molecule has 170 valence electrons. The van der Waals surface area contributed by atoms with Crippen molar-refractivity contribution < 1.29 is 29.6 Å². The number of anilines is 1. The van der Waals surface area contributed by atoms with E-state index in [4.69, 9.17) is 5.73 Å². The number of hydrogen-bond acceptors (Lipinski definition) is 7. The lowest BCUT2D eigenvalue weighted by atomic mass is 9.73. The summed E-state index contributed by atoms with van der Waals surface area (Å²) < 4.78 is 13.6. The van der Waals surface area contributed by atoms with E-state index in [0.29, 0.717) is 13.1 Å². The van der Waals surface area contributed by atoms with Gasteiger partial charge in [0.2, 0.25) is 0 Å². The summed E-state index contributed by atoms with van der Waals surface area (Å²) in [4.78, 5) is 14.3. The van der Waals surface area contributed by atoms with E-state index in [1.54, 1.807) is 13.8 Å². The van der Waals surface area contributed by atoms with Crippen molar-refractivity contribution in [3.63, 3.8) is 0 Å². The molecule has 10 heteroatoms. The minimum Gasteiger partial charge on any atom is -0.393 e. The van der Waals surface area contributed by atoms with Gasteiger partial charge < -0.3 is 41.7 Å². The fourth-order valence-electron chi connectivity index (χ4n) is 4.53. The molecule has 0 aromatic heterocycles. The van der Waals surface area contributed by atoms with E-state index >= 15 is 0 Å². The highest BCUT2D eigenvalue weighted by atomic mass is 19.1. The van der Waals surface area contributed by atoms with Crippen molar-refractivity contribution in [2.24, 2.45) is 5.73 Å². The van der Waals surface area contributed by atoms with Crippen molar-refractivity contribution in [3.8, 4) is 0 Å². The summed E-state index contributed by atoms with van der Waals surface area (Å²) in [7, 11) is 0. The first-order chi connectivity index (χ1) is 13.9. The van der Waals surface area contributed by atoms with Gasteiger partial charge in [-0.15, -0.1) is 0 Å². The Morgan fingerprint density at radius 3 is 2.40 bits per heavy atom. The molecule has 30 heavy (non-hydrogen) atoms. The maximum absolute atomic E-state index is 13.6. The average molecular weight is 429 g/mol. The molecule has 6 atom stereocenters. The van der Waals surface area contributed by atoms with Gasteiger partial charge in [0, 0.05) is 18.8 Å². The van der Waals surface area contributed by atoms with Gasteiger partial charge in [0.15, 0.2) is 0 Å². The fraction of sp³-hybridized carbons (Fsp3) is 0.650. The molecule has 0 aliphatic heterocycles. The monoisotopic (exact) mass is 428 g/mol. The van der Waals surface area contributed by atoms with E-state index in [9.17, 15) is 29.6 Å². The van der Waals surface area contributed by atoms with Gasteiger partial charge in [-0.1, -0.05) is 6.07 Å². The van der Waals surface area contributed by atoms with Crippen LogP contribution in [0.3, 0.4) is 0 Å². The first kappa shape index (κ1) is 24.3. The van der Waals surface area contributed by atoms with E-state index in [1.165, 1.54) is 36.9 Å². The Morgan fingerprint density at radius 2 is 1.93 bits per heavy atom. The molecule has 1 saturated carbocycles. The van der Waals surface area contributed by atoms with Crippen molar-refractivity contribution in [3.05, 3.63) is 30.1 Å². The van der Waals surface area contributed by atoms with Gasteiger partial charge in [0.05, 0.1) is 24.8 Å². The predicted molar refractivity (Wildman–Crippen MR) is 110 cm³/mol. The Kier molecular flexibility index (Phi) is 6.99. The van der Waals surface area contributed by atoms with Gasteiger partial charge >= 0.3 is 6.03 Å². The summed E-state index contributed by atoms with van der Waals surface area (Å²) in [5.41, 5.74) is 0.179. The number of amides is 2. The number of nitrogens with two attached hydrogens (primary N) is 1. The fourth-order valence-corrected chi connectivity index (χ4v) is 4.53. The quantitative estimate of drug-likeness (QED) is 0.312. The molecule has 0 radical (unpaired) electrons. The first-order valence-corrected chi connectivity index (χ1v) is 10.0. The number of aliphatic hydroxyl groups is 4. The zero-order valence-electron chi connectivity index (χ0n) is 17.8. The Morgan fingerprint density at radius 1 is 1.33 bits per heavy atom. The molecule has 1 aromatic carbocycles. The van der Waals surface area contributed by atoms with Crippen molar-refractivity contribution in [2.45, 2.75) is 62.6 Å². The normalized spacial score (nSPS) is 34.5. The molecule has 0 unspecified atom stereocenters. The summed E-state index contributed by atoms with van der Waals surface area (Å²) >= 11 is 0. The van der Waals surface area contributed by atoms with Gasteiger partial charge in [-0.25, -0.2) is 9.18 Å². The number of halogens is 1. The van der Waals surface area contributed by atoms with Crippen molar-refractivity contribution >= 4 is 11.7 Å². The van der Waals surface area contributed by atoms with Crippen molar-refractivity contribution in [2.75, 3.05) is 25.0 Å². The van der Waals surface area contributed by atoms with Crippen LogP contribution in [0, 0.1) is 5.82 Å². The number of aliphatic hydroxyl groups excluding tert-OH is 2. The molecule has 0 spiro atoms. The third kappa shape index (κ3) is 3.52. The SMILES string of the molecule is CCN(CC)C(=O)N[C@@]1([C@H](C)O)[C@@H](N)[C@H](Nc2cccc(F)c2)[C@](O)(CO)[C@]1(C)O.